The van der Waals surface area contributed by atoms with E-state index in [1.807, 2.05) is 19.9 Å². The third-order valence-corrected chi connectivity index (χ3v) is 2.85. The van der Waals surface area contributed by atoms with Gasteiger partial charge in [0, 0.05) is 11.4 Å². The molecule has 0 saturated heterocycles. The molecule has 18 heavy (non-hydrogen) atoms. The first-order valence-corrected chi connectivity index (χ1v) is 5.70. The number of rotatable bonds is 2. The summed E-state index contributed by atoms with van der Waals surface area (Å²) in [7, 11) is 0. The molecule has 2 aromatic rings. The SMILES string of the molecule is Cc1cc(C(=O)Nc2cc(N)c(C)cc2C)co1. The van der Waals surface area contributed by atoms with Crippen LogP contribution in [0.15, 0.2) is 28.9 Å². The molecule has 1 aromatic heterocycles. The Labute approximate surface area is 106 Å². The van der Waals surface area contributed by atoms with Crippen molar-refractivity contribution in [2.45, 2.75) is 20.8 Å². The lowest BCUT2D eigenvalue weighted by Gasteiger charge is -2.10. The number of amides is 1. The van der Waals surface area contributed by atoms with Crippen LogP contribution in [0.1, 0.15) is 27.2 Å². The van der Waals surface area contributed by atoms with Crippen molar-refractivity contribution >= 4 is 17.3 Å². The third-order valence-electron chi connectivity index (χ3n) is 2.85. The van der Waals surface area contributed by atoms with Gasteiger partial charge in [0.1, 0.15) is 12.0 Å². The molecule has 0 radical (unpaired) electrons. The van der Waals surface area contributed by atoms with Gasteiger partial charge in [-0.25, -0.2) is 0 Å². The summed E-state index contributed by atoms with van der Waals surface area (Å²) in [4.78, 5) is 12.0. The largest absolute Gasteiger partial charge is 0.469 e. The second-order valence-electron chi connectivity index (χ2n) is 4.42. The summed E-state index contributed by atoms with van der Waals surface area (Å²) in [5.41, 5.74) is 9.72. The Morgan fingerprint density at radius 2 is 1.89 bits per heavy atom. The average molecular weight is 244 g/mol. The van der Waals surface area contributed by atoms with Gasteiger partial charge in [-0.2, -0.15) is 0 Å². The first-order valence-electron chi connectivity index (χ1n) is 5.70. The molecular weight excluding hydrogens is 228 g/mol. The number of hydrogen-bond acceptors (Lipinski definition) is 3. The molecule has 1 amide bonds. The van der Waals surface area contributed by atoms with Crippen LogP contribution >= 0.6 is 0 Å². The van der Waals surface area contributed by atoms with Gasteiger partial charge >= 0.3 is 0 Å². The number of hydrogen-bond donors (Lipinski definition) is 2. The van der Waals surface area contributed by atoms with Crippen LogP contribution in [-0.4, -0.2) is 5.91 Å². The van der Waals surface area contributed by atoms with E-state index in [4.69, 9.17) is 10.2 Å². The molecule has 0 saturated carbocycles. The Morgan fingerprint density at radius 1 is 1.17 bits per heavy atom. The second-order valence-corrected chi connectivity index (χ2v) is 4.42. The maximum Gasteiger partial charge on any atom is 0.258 e. The Balaban J connectivity index is 2.24. The number of furan rings is 1. The van der Waals surface area contributed by atoms with Crippen molar-refractivity contribution in [3.8, 4) is 0 Å². The van der Waals surface area contributed by atoms with Crippen LogP contribution in [0.4, 0.5) is 11.4 Å². The molecule has 2 rings (SSSR count). The standard InChI is InChI=1S/C14H16N2O2/c1-8-4-9(2)13(6-12(8)15)16-14(17)11-5-10(3)18-7-11/h4-7H,15H2,1-3H3,(H,16,17). The van der Waals surface area contributed by atoms with Crippen LogP contribution in [0.3, 0.4) is 0 Å². The minimum atomic E-state index is -0.196. The summed E-state index contributed by atoms with van der Waals surface area (Å²) in [5.74, 6) is 0.512. The van der Waals surface area contributed by atoms with Crippen LogP contribution in [0.5, 0.6) is 0 Å². The molecule has 0 atom stereocenters. The number of aryl methyl sites for hydroxylation is 3. The lowest BCUT2D eigenvalue weighted by Crippen LogP contribution is -2.12. The van der Waals surface area contributed by atoms with E-state index >= 15 is 0 Å². The smallest absolute Gasteiger partial charge is 0.258 e. The molecule has 0 aliphatic heterocycles. The predicted molar refractivity (Wildman–Crippen MR) is 71.7 cm³/mol. The van der Waals surface area contributed by atoms with Crippen molar-refractivity contribution in [2.75, 3.05) is 11.1 Å². The summed E-state index contributed by atoms with van der Waals surface area (Å²) >= 11 is 0. The lowest BCUT2D eigenvalue weighted by molar-refractivity contribution is 0.102. The molecule has 0 fully saturated rings. The Morgan fingerprint density at radius 3 is 2.50 bits per heavy atom. The van der Waals surface area contributed by atoms with Crippen LogP contribution in [0.25, 0.3) is 0 Å². The molecule has 0 unspecified atom stereocenters. The molecule has 1 heterocycles. The minimum absolute atomic E-state index is 0.196. The Hall–Kier alpha value is -2.23. The monoisotopic (exact) mass is 244 g/mol. The van der Waals surface area contributed by atoms with E-state index in [0.717, 1.165) is 16.8 Å². The van der Waals surface area contributed by atoms with Crippen molar-refractivity contribution in [2.24, 2.45) is 0 Å². The summed E-state index contributed by atoms with van der Waals surface area (Å²) in [6.07, 6.45) is 1.44. The maximum atomic E-state index is 12.0. The van der Waals surface area contributed by atoms with Crippen LogP contribution in [0, 0.1) is 20.8 Å². The molecule has 4 nitrogen and oxygen atoms in total. The van der Waals surface area contributed by atoms with Gasteiger partial charge < -0.3 is 15.5 Å². The summed E-state index contributed by atoms with van der Waals surface area (Å²) in [5, 5.41) is 2.83. The molecular formula is C14H16N2O2. The molecule has 0 aliphatic rings. The molecule has 0 bridgehead atoms. The number of nitrogens with two attached hydrogens (primary N) is 1. The zero-order valence-corrected chi connectivity index (χ0v) is 10.7. The van der Waals surface area contributed by atoms with E-state index in [1.54, 1.807) is 19.1 Å². The fourth-order valence-electron chi connectivity index (χ4n) is 1.76. The topological polar surface area (TPSA) is 68.3 Å². The number of carbonyl (C=O) groups is 1. The summed E-state index contributed by atoms with van der Waals surface area (Å²) < 4.78 is 5.11. The Kier molecular flexibility index (Phi) is 3.10. The summed E-state index contributed by atoms with van der Waals surface area (Å²) in [6.45, 7) is 5.67. The van der Waals surface area contributed by atoms with Crippen LogP contribution in [0.2, 0.25) is 0 Å². The predicted octanol–water partition coefficient (Wildman–Crippen LogP) is 3.04. The van der Waals surface area contributed by atoms with Crippen molar-refractivity contribution < 1.29 is 9.21 Å². The molecule has 94 valence electrons. The molecule has 1 aromatic carbocycles. The van der Waals surface area contributed by atoms with E-state index in [0.29, 0.717) is 17.0 Å². The number of anilines is 2. The normalized spacial score (nSPS) is 10.4. The number of benzene rings is 1. The number of nitrogen functional groups attached to an aromatic ring is 1. The van der Waals surface area contributed by atoms with E-state index in [9.17, 15) is 4.79 Å². The van der Waals surface area contributed by atoms with Gasteiger partial charge in [0.15, 0.2) is 0 Å². The first-order chi connectivity index (χ1) is 8.47. The van der Waals surface area contributed by atoms with E-state index in [2.05, 4.69) is 5.32 Å². The molecule has 0 aliphatic carbocycles. The van der Waals surface area contributed by atoms with Gasteiger partial charge in [-0.3, -0.25) is 4.79 Å². The Bertz CT molecular complexity index is 600. The second kappa shape index (κ2) is 4.56. The van der Waals surface area contributed by atoms with E-state index in [1.165, 1.54) is 6.26 Å². The zero-order chi connectivity index (χ0) is 13.3. The van der Waals surface area contributed by atoms with Crippen molar-refractivity contribution in [3.05, 3.63) is 46.9 Å². The fourth-order valence-corrected chi connectivity index (χ4v) is 1.76. The number of nitrogens with one attached hydrogen (secondary N) is 1. The highest BCUT2D eigenvalue weighted by Gasteiger charge is 2.11. The van der Waals surface area contributed by atoms with Gasteiger partial charge in [0.25, 0.3) is 5.91 Å². The van der Waals surface area contributed by atoms with Gasteiger partial charge in [0.2, 0.25) is 0 Å². The highest BCUT2D eigenvalue weighted by atomic mass is 16.3. The van der Waals surface area contributed by atoms with Gasteiger partial charge in [-0.15, -0.1) is 0 Å². The number of carbonyl (C=O) groups excluding carboxylic acids is 1. The average Bonchev–Trinajstić information content (AvgIpc) is 2.73. The molecule has 3 N–H and O–H groups in total. The van der Waals surface area contributed by atoms with Gasteiger partial charge in [-0.1, -0.05) is 6.07 Å². The van der Waals surface area contributed by atoms with E-state index < -0.39 is 0 Å². The third kappa shape index (κ3) is 2.37. The lowest BCUT2D eigenvalue weighted by atomic mass is 10.1. The minimum Gasteiger partial charge on any atom is -0.469 e. The zero-order valence-electron chi connectivity index (χ0n) is 10.7. The van der Waals surface area contributed by atoms with Crippen LogP contribution < -0.4 is 11.1 Å². The van der Waals surface area contributed by atoms with E-state index in [-0.39, 0.29) is 5.91 Å². The molecule has 0 spiro atoms. The quantitative estimate of drug-likeness (QED) is 0.798. The fraction of sp³-hybridized carbons (Fsp3) is 0.214. The maximum absolute atomic E-state index is 12.0. The van der Waals surface area contributed by atoms with Crippen molar-refractivity contribution in [3.63, 3.8) is 0 Å². The summed E-state index contributed by atoms with van der Waals surface area (Å²) in [6, 6.07) is 5.42. The van der Waals surface area contributed by atoms with Gasteiger partial charge in [-0.05, 0) is 44.0 Å². The molecule has 4 heteroatoms. The first kappa shape index (κ1) is 12.2. The van der Waals surface area contributed by atoms with Crippen molar-refractivity contribution in [1.82, 2.24) is 0 Å². The highest BCUT2D eigenvalue weighted by Crippen LogP contribution is 2.23. The highest BCUT2D eigenvalue weighted by molar-refractivity contribution is 6.04. The van der Waals surface area contributed by atoms with Crippen molar-refractivity contribution in [1.29, 1.82) is 0 Å². The van der Waals surface area contributed by atoms with Crippen LogP contribution in [-0.2, 0) is 0 Å². The van der Waals surface area contributed by atoms with Gasteiger partial charge in [0.05, 0.1) is 5.56 Å².